The molecular weight excluding hydrogens is 769 g/mol. The lowest BCUT2D eigenvalue weighted by molar-refractivity contribution is -0.143. The first-order chi connectivity index (χ1) is 28.6. The number of hydrogen-bond acceptors (Lipinski definition) is 8. The zero-order valence-corrected chi connectivity index (χ0v) is 35.5. The number of benzene rings is 2. The monoisotopic (exact) mass is 835 g/mol. The number of amides is 3. The molecule has 0 aliphatic carbocycles. The molecule has 17 nitrogen and oxygen atoms in total. The maximum Gasteiger partial charge on any atom is 0.326 e. The number of carbonyl (C=O) groups excluding carboxylic acids is 3. The number of aromatic hydroxyl groups is 1. The molecule has 17 heteroatoms. The predicted octanol–water partition coefficient (Wildman–Crippen LogP) is 3.56. The first-order valence-corrected chi connectivity index (χ1v) is 20.9. The molecule has 330 valence electrons. The Hall–Kier alpha value is -6.00. The molecule has 14 N–H and O–H groups in total. The molecule has 3 aromatic rings. The number of ether oxygens (including phenoxy) is 1. The number of guanidine groups is 2. The van der Waals surface area contributed by atoms with Crippen molar-refractivity contribution in [3.8, 4) is 11.5 Å². The number of unbranched alkanes of at least 4 members (excludes halogenated alkanes) is 5. The summed E-state index contributed by atoms with van der Waals surface area (Å²) >= 11 is 0. The minimum Gasteiger partial charge on any atom is -0.508 e. The Morgan fingerprint density at radius 1 is 0.783 bits per heavy atom. The Labute approximate surface area is 352 Å². The number of nitrogens with two attached hydrogens (primary N) is 4. The van der Waals surface area contributed by atoms with Gasteiger partial charge < -0.3 is 58.8 Å². The number of aromatic nitrogens is 1. The third-order valence-electron chi connectivity index (χ3n) is 10.2. The maximum atomic E-state index is 14.5. The highest BCUT2D eigenvalue weighted by Crippen LogP contribution is 2.32. The van der Waals surface area contributed by atoms with Crippen molar-refractivity contribution in [2.45, 2.75) is 116 Å². The number of H-pyrrole nitrogens is 1. The largest absolute Gasteiger partial charge is 0.508 e. The maximum absolute atomic E-state index is 14.5. The van der Waals surface area contributed by atoms with Gasteiger partial charge in [-0.05, 0) is 86.1 Å². The van der Waals surface area contributed by atoms with Gasteiger partial charge in [-0.15, -0.1) is 0 Å². The van der Waals surface area contributed by atoms with Crippen LogP contribution in [0.15, 0.2) is 52.4 Å². The molecule has 4 atom stereocenters. The zero-order valence-electron chi connectivity index (χ0n) is 35.5. The topological polar surface area (TPSA) is 299 Å². The van der Waals surface area contributed by atoms with E-state index in [0.29, 0.717) is 49.4 Å². The molecule has 1 aromatic heterocycles. The van der Waals surface area contributed by atoms with E-state index in [1.807, 2.05) is 39.0 Å². The number of carboxylic acids is 1. The second-order valence-corrected chi connectivity index (χ2v) is 15.6. The van der Waals surface area contributed by atoms with Crippen LogP contribution in [0.2, 0.25) is 0 Å². The van der Waals surface area contributed by atoms with Crippen molar-refractivity contribution in [1.82, 2.24) is 20.9 Å². The lowest BCUT2D eigenvalue weighted by atomic mass is 9.96. The summed E-state index contributed by atoms with van der Waals surface area (Å²) < 4.78 is 6.21. The van der Waals surface area contributed by atoms with Crippen LogP contribution in [0.1, 0.15) is 107 Å². The second kappa shape index (κ2) is 24.8. The van der Waals surface area contributed by atoms with Crippen LogP contribution >= 0.6 is 0 Å². The normalized spacial score (nSPS) is 13.2. The van der Waals surface area contributed by atoms with Crippen LogP contribution in [0, 0.1) is 11.8 Å². The number of phenols is 1. The molecule has 3 rings (SSSR count). The summed E-state index contributed by atoms with van der Waals surface area (Å²) in [6.45, 7) is 8.86. The van der Waals surface area contributed by atoms with Crippen LogP contribution in [-0.4, -0.2) is 88.6 Å². The smallest absolute Gasteiger partial charge is 0.326 e. The third-order valence-corrected chi connectivity index (χ3v) is 10.2. The van der Waals surface area contributed by atoms with Crippen LogP contribution in [-0.2, 0) is 27.2 Å². The Balaban J connectivity index is 1.95. The van der Waals surface area contributed by atoms with Gasteiger partial charge in [-0.1, -0.05) is 71.2 Å². The van der Waals surface area contributed by atoms with Crippen LogP contribution < -0.4 is 43.6 Å². The molecule has 3 amide bonds. The van der Waals surface area contributed by atoms with Crippen molar-refractivity contribution in [3.63, 3.8) is 0 Å². The van der Waals surface area contributed by atoms with Gasteiger partial charge >= 0.3 is 5.97 Å². The van der Waals surface area contributed by atoms with E-state index in [2.05, 4.69) is 30.9 Å². The average molecular weight is 835 g/mol. The van der Waals surface area contributed by atoms with Gasteiger partial charge in [0.1, 0.15) is 35.3 Å². The number of nitrogens with one attached hydrogen (secondary N) is 4. The number of carbonyl (C=O) groups is 4. The number of aliphatic imine (C=N–C) groups is 2. The first-order valence-electron chi connectivity index (χ1n) is 20.9. The number of phenolic OH excluding ortho intramolecular Hbond substituents is 1. The molecule has 0 fully saturated rings. The van der Waals surface area contributed by atoms with E-state index in [0.717, 1.165) is 55.9 Å². The van der Waals surface area contributed by atoms with Gasteiger partial charge in [0.15, 0.2) is 11.9 Å². The number of rotatable bonds is 27. The molecule has 0 bridgehead atoms. The van der Waals surface area contributed by atoms with Crippen molar-refractivity contribution < 1.29 is 34.1 Å². The number of nitrogens with zero attached hydrogens (tertiary/aromatic N) is 2. The average Bonchev–Trinajstić information content (AvgIpc) is 3.57. The first kappa shape index (κ1) is 48.4. The molecule has 0 radical (unpaired) electrons. The van der Waals surface area contributed by atoms with E-state index in [9.17, 15) is 29.4 Å². The van der Waals surface area contributed by atoms with Gasteiger partial charge in [-0.3, -0.25) is 24.4 Å². The summed E-state index contributed by atoms with van der Waals surface area (Å²) in [5.41, 5.74) is 24.1. The number of carboxylic acid groups (broad SMARTS) is 1. The summed E-state index contributed by atoms with van der Waals surface area (Å²) in [7, 11) is 0. The molecule has 0 saturated carbocycles. The molecular formula is C43H66N10O7. The number of hydrogen-bond donors (Lipinski definition) is 10. The molecule has 0 aliphatic heterocycles. The quantitative estimate of drug-likeness (QED) is 0.0301. The second-order valence-electron chi connectivity index (χ2n) is 15.6. The van der Waals surface area contributed by atoms with Crippen molar-refractivity contribution in [2.75, 3.05) is 19.7 Å². The molecule has 0 unspecified atom stereocenters. The van der Waals surface area contributed by atoms with Crippen LogP contribution in [0.25, 0.3) is 10.9 Å². The highest BCUT2D eigenvalue weighted by atomic mass is 16.5. The Kier molecular flexibility index (Phi) is 20.0. The van der Waals surface area contributed by atoms with Gasteiger partial charge in [0.2, 0.25) is 11.8 Å². The van der Waals surface area contributed by atoms with E-state index >= 15 is 0 Å². The fraction of sp³-hybridized carbons (Fsp3) is 0.535. The summed E-state index contributed by atoms with van der Waals surface area (Å²) in [6.07, 6.45) is 7.00. The Morgan fingerprint density at radius 3 is 2.02 bits per heavy atom. The van der Waals surface area contributed by atoms with E-state index < -0.39 is 41.8 Å². The lowest BCUT2D eigenvalue weighted by Crippen LogP contribution is -2.58. The SMILES string of the molecule is CC[C@H](C)[C@H](NC(=O)[C@H](Cc1ccc(O)cc1)NC(=O)c1[nH]c2c(OCCCCCN=C(N)N)cccc2c1CCCCCCN=C(N)N)C(=O)N[C@@H](CC(C)C)C(=O)O. The number of aryl methyl sites for hydroxylation is 1. The number of aliphatic carboxylic acids is 1. The molecule has 60 heavy (non-hydrogen) atoms. The Morgan fingerprint density at radius 2 is 1.42 bits per heavy atom. The summed E-state index contributed by atoms with van der Waals surface area (Å²) in [4.78, 5) is 65.8. The molecule has 1 heterocycles. The van der Waals surface area contributed by atoms with Gasteiger partial charge in [0, 0.05) is 24.9 Å². The van der Waals surface area contributed by atoms with E-state index in [4.69, 9.17) is 27.7 Å². The van der Waals surface area contributed by atoms with Gasteiger partial charge in [0.05, 0.1) is 12.1 Å². The van der Waals surface area contributed by atoms with Crippen LogP contribution in [0.4, 0.5) is 0 Å². The molecule has 0 aliphatic rings. The number of fused-ring (bicyclic) bond motifs is 1. The van der Waals surface area contributed by atoms with Crippen LogP contribution in [0.3, 0.4) is 0 Å². The fourth-order valence-corrected chi connectivity index (χ4v) is 6.79. The third kappa shape index (κ3) is 16.0. The van der Waals surface area contributed by atoms with Crippen molar-refractivity contribution in [2.24, 2.45) is 44.8 Å². The van der Waals surface area contributed by atoms with E-state index in [1.54, 1.807) is 19.1 Å². The lowest BCUT2D eigenvalue weighted by Gasteiger charge is -2.28. The fourth-order valence-electron chi connectivity index (χ4n) is 6.79. The minimum atomic E-state index is -1.17. The van der Waals surface area contributed by atoms with Crippen molar-refractivity contribution >= 4 is 46.5 Å². The van der Waals surface area contributed by atoms with Gasteiger partial charge in [-0.2, -0.15) is 0 Å². The molecule has 2 aromatic carbocycles. The highest BCUT2D eigenvalue weighted by molar-refractivity contribution is 6.04. The van der Waals surface area contributed by atoms with Crippen molar-refractivity contribution in [3.05, 3.63) is 59.3 Å². The van der Waals surface area contributed by atoms with Crippen molar-refractivity contribution in [1.29, 1.82) is 0 Å². The number of aromatic amines is 1. The van der Waals surface area contributed by atoms with Crippen LogP contribution in [0.5, 0.6) is 11.5 Å². The summed E-state index contributed by atoms with van der Waals surface area (Å²) in [5.74, 6) is -2.61. The standard InChI is InChI=1S/C43H66N10O7/c1-5-27(4)35(39(56)51-33(41(58)59)24-26(2)3)53-38(55)32(25-28-17-19-29(54)20-18-28)50-40(57)37-31(14-9-6-7-10-21-48-42(44)45)30-15-13-16-34(36(30)52-37)60-23-12-8-11-22-49-43(46)47/h13,15-20,26-27,32-33,35,52,54H,5-12,14,21-25H2,1-4H3,(H,50,57)(H,51,56)(H,53,55)(H,58,59)(H4,44,45,48)(H4,46,47,49)/t27-,32-,33-,35-/m0/s1. The highest BCUT2D eigenvalue weighted by Gasteiger charge is 2.33. The Bertz CT molecular complexity index is 1900. The van der Waals surface area contributed by atoms with E-state index in [-0.39, 0.29) is 48.0 Å². The summed E-state index contributed by atoms with van der Waals surface area (Å²) in [6, 6.07) is 8.52. The van der Waals surface area contributed by atoms with E-state index in [1.165, 1.54) is 12.1 Å². The summed E-state index contributed by atoms with van der Waals surface area (Å²) in [5, 5.41) is 29.0. The molecule has 0 spiro atoms. The van der Waals surface area contributed by atoms with Gasteiger partial charge in [-0.25, -0.2) is 4.79 Å². The van der Waals surface area contributed by atoms with Gasteiger partial charge in [0.25, 0.3) is 5.91 Å². The molecule has 0 saturated heterocycles. The minimum absolute atomic E-state index is 0.00563. The zero-order chi connectivity index (χ0) is 44.2. The predicted molar refractivity (Wildman–Crippen MR) is 235 cm³/mol. The number of para-hydroxylation sites is 1.